The molecular weight excluding hydrogens is 280 g/mol. The van der Waals surface area contributed by atoms with Gasteiger partial charge in [-0.15, -0.1) is 12.4 Å². The van der Waals surface area contributed by atoms with Crippen LogP contribution < -0.4 is 14.8 Å². The van der Waals surface area contributed by atoms with Crippen molar-refractivity contribution in [1.29, 1.82) is 0 Å². The molecule has 1 aromatic rings. The van der Waals surface area contributed by atoms with Gasteiger partial charge in [-0.2, -0.15) is 0 Å². The smallest absolute Gasteiger partial charge is 0.263 e. The Kier molecular flexibility index (Phi) is 8.76. The number of methoxy groups -OCH3 is 1. The van der Waals surface area contributed by atoms with Gasteiger partial charge in [0, 0.05) is 20.1 Å². The average molecular weight is 303 g/mol. The average Bonchev–Trinajstić information content (AvgIpc) is 2.44. The number of carbonyl (C=O) groups excluding carboxylic acids is 1. The Bertz CT molecular complexity index is 398. The van der Waals surface area contributed by atoms with Gasteiger partial charge < -0.3 is 19.7 Å². The molecule has 20 heavy (non-hydrogen) atoms. The molecule has 0 aliphatic heterocycles. The summed E-state index contributed by atoms with van der Waals surface area (Å²) in [6.45, 7) is 3.17. The van der Waals surface area contributed by atoms with Gasteiger partial charge in [-0.1, -0.05) is 0 Å². The molecule has 1 aromatic carbocycles. The summed E-state index contributed by atoms with van der Waals surface area (Å²) in [5.74, 6) is 1.38. The van der Waals surface area contributed by atoms with Gasteiger partial charge in [-0.25, -0.2) is 0 Å². The van der Waals surface area contributed by atoms with Gasteiger partial charge in [-0.05, 0) is 38.2 Å². The molecule has 1 amide bonds. The third-order valence-electron chi connectivity index (χ3n) is 2.79. The number of ether oxygens (including phenoxy) is 2. The van der Waals surface area contributed by atoms with Crippen LogP contribution in [0.25, 0.3) is 0 Å². The molecule has 1 rings (SSSR count). The van der Waals surface area contributed by atoms with E-state index in [-0.39, 0.29) is 18.3 Å². The van der Waals surface area contributed by atoms with E-state index in [1.54, 1.807) is 50.2 Å². The zero-order valence-corrected chi connectivity index (χ0v) is 13.2. The maximum atomic E-state index is 12.0. The molecule has 5 nitrogen and oxygen atoms in total. The van der Waals surface area contributed by atoms with Crippen LogP contribution in [0.5, 0.6) is 11.5 Å². The fourth-order valence-corrected chi connectivity index (χ4v) is 1.61. The summed E-state index contributed by atoms with van der Waals surface area (Å²) in [4.78, 5) is 13.7. The largest absolute Gasteiger partial charge is 0.497 e. The number of hydrogen-bond donors (Lipinski definition) is 1. The molecule has 0 heterocycles. The van der Waals surface area contributed by atoms with Crippen molar-refractivity contribution in [2.75, 3.05) is 34.3 Å². The van der Waals surface area contributed by atoms with Crippen LogP contribution in [0.15, 0.2) is 24.3 Å². The minimum absolute atomic E-state index is 0. The number of benzene rings is 1. The fraction of sp³-hybridized carbons (Fsp3) is 0.500. The summed E-state index contributed by atoms with van der Waals surface area (Å²) in [5, 5.41) is 3.01. The Labute approximate surface area is 126 Å². The minimum Gasteiger partial charge on any atom is -0.497 e. The zero-order valence-electron chi connectivity index (χ0n) is 12.4. The molecule has 114 valence electrons. The molecular formula is C14H23ClN2O3. The molecule has 0 spiro atoms. The summed E-state index contributed by atoms with van der Waals surface area (Å²) in [7, 11) is 5.24. The first-order chi connectivity index (χ1) is 9.08. The van der Waals surface area contributed by atoms with Crippen LogP contribution in [-0.2, 0) is 4.79 Å². The lowest BCUT2D eigenvalue weighted by Crippen LogP contribution is -2.40. The van der Waals surface area contributed by atoms with Gasteiger partial charge in [0.2, 0.25) is 0 Å². The molecule has 0 aliphatic rings. The Balaban J connectivity index is 0.00000361. The van der Waals surface area contributed by atoms with Gasteiger partial charge in [0.15, 0.2) is 6.10 Å². The van der Waals surface area contributed by atoms with E-state index in [9.17, 15) is 4.79 Å². The monoisotopic (exact) mass is 302 g/mol. The van der Waals surface area contributed by atoms with Crippen molar-refractivity contribution in [2.24, 2.45) is 0 Å². The highest BCUT2D eigenvalue weighted by Crippen LogP contribution is 2.18. The second-order valence-corrected chi connectivity index (χ2v) is 4.30. The molecule has 0 fully saturated rings. The highest BCUT2D eigenvalue weighted by atomic mass is 35.5. The third-order valence-corrected chi connectivity index (χ3v) is 2.79. The summed E-state index contributed by atoms with van der Waals surface area (Å²) < 4.78 is 10.7. The van der Waals surface area contributed by atoms with Crippen LogP contribution in [0.1, 0.15) is 6.92 Å². The molecule has 0 aromatic heterocycles. The van der Waals surface area contributed by atoms with E-state index >= 15 is 0 Å². The highest BCUT2D eigenvalue weighted by Gasteiger charge is 2.18. The lowest BCUT2D eigenvalue weighted by Gasteiger charge is -2.22. The number of carbonyl (C=O) groups is 1. The van der Waals surface area contributed by atoms with Crippen molar-refractivity contribution in [3.05, 3.63) is 24.3 Å². The van der Waals surface area contributed by atoms with Gasteiger partial charge in [0.05, 0.1) is 7.11 Å². The number of likely N-dealkylation sites (N-methyl/N-ethyl adjacent to an activating group) is 2. The predicted octanol–water partition coefficient (Wildman–Crippen LogP) is 1.56. The molecule has 0 bridgehead atoms. The lowest BCUT2D eigenvalue weighted by atomic mass is 10.3. The minimum atomic E-state index is -0.504. The molecule has 0 saturated heterocycles. The highest BCUT2D eigenvalue weighted by molar-refractivity contribution is 5.85. The van der Waals surface area contributed by atoms with E-state index in [2.05, 4.69) is 5.32 Å². The molecule has 1 N–H and O–H groups in total. The molecule has 0 aliphatic carbocycles. The van der Waals surface area contributed by atoms with Gasteiger partial charge in [0.1, 0.15) is 11.5 Å². The van der Waals surface area contributed by atoms with E-state index in [4.69, 9.17) is 9.47 Å². The Morgan fingerprint density at radius 1 is 1.30 bits per heavy atom. The number of halogens is 1. The first kappa shape index (κ1) is 18.5. The number of nitrogens with one attached hydrogen (secondary N) is 1. The van der Waals surface area contributed by atoms with Crippen LogP contribution in [-0.4, -0.2) is 51.2 Å². The lowest BCUT2D eigenvalue weighted by molar-refractivity contribution is -0.136. The van der Waals surface area contributed by atoms with E-state index in [0.29, 0.717) is 12.3 Å². The second kappa shape index (κ2) is 9.44. The Morgan fingerprint density at radius 3 is 2.35 bits per heavy atom. The number of hydrogen-bond acceptors (Lipinski definition) is 4. The summed E-state index contributed by atoms with van der Waals surface area (Å²) in [6.07, 6.45) is -0.504. The fourth-order valence-electron chi connectivity index (χ4n) is 1.61. The van der Waals surface area contributed by atoms with E-state index in [1.165, 1.54) is 0 Å². The molecule has 0 saturated carbocycles. The molecule has 0 radical (unpaired) electrons. The van der Waals surface area contributed by atoms with Crippen molar-refractivity contribution in [2.45, 2.75) is 13.0 Å². The van der Waals surface area contributed by atoms with E-state index in [1.807, 2.05) is 7.05 Å². The third kappa shape index (κ3) is 5.67. The first-order valence-corrected chi connectivity index (χ1v) is 6.28. The van der Waals surface area contributed by atoms with Gasteiger partial charge in [-0.3, -0.25) is 4.79 Å². The first-order valence-electron chi connectivity index (χ1n) is 6.28. The quantitative estimate of drug-likeness (QED) is 0.830. The second-order valence-electron chi connectivity index (χ2n) is 4.30. The summed E-state index contributed by atoms with van der Waals surface area (Å²) >= 11 is 0. The SMILES string of the molecule is CNCCN(C)C(=O)C(C)Oc1ccc(OC)cc1.Cl. The van der Waals surface area contributed by atoms with E-state index in [0.717, 1.165) is 12.3 Å². The maximum absolute atomic E-state index is 12.0. The topological polar surface area (TPSA) is 50.8 Å². The van der Waals surface area contributed by atoms with E-state index < -0.39 is 6.10 Å². The van der Waals surface area contributed by atoms with Crippen molar-refractivity contribution >= 4 is 18.3 Å². The summed E-state index contributed by atoms with van der Waals surface area (Å²) in [5.41, 5.74) is 0. The molecule has 6 heteroatoms. The van der Waals surface area contributed by atoms with Crippen molar-refractivity contribution < 1.29 is 14.3 Å². The summed E-state index contributed by atoms with van der Waals surface area (Å²) in [6, 6.07) is 7.18. The van der Waals surface area contributed by atoms with Crippen LogP contribution in [0.2, 0.25) is 0 Å². The standard InChI is InChI=1S/C14H22N2O3.ClH/c1-11(14(17)16(3)10-9-15-2)19-13-7-5-12(18-4)6-8-13;/h5-8,11,15H,9-10H2,1-4H3;1H. The van der Waals surface area contributed by atoms with Crippen molar-refractivity contribution in [3.8, 4) is 11.5 Å². The van der Waals surface area contributed by atoms with Crippen LogP contribution in [0.4, 0.5) is 0 Å². The number of rotatable bonds is 7. The van der Waals surface area contributed by atoms with Gasteiger partial charge in [0.25, 0.3) is 5.91 Å². The Morgan fingerprint density at radius 2 is 1.85 bits per heavy atom. The van der Waals surface area contributed by atoms with Crippen molar-refractivity contribution in [1.82, 2.24) is 10.2 Å². The van der Waals surface area contributed by atoms with Gasteiger partial charge >= 0.3 is 0 Å². The maximum Gasteiger partial charge on any atom is 0.263 e. The van der Waals surface area contributed by atoms with Crippen LogP contribution >= 0.6 is 12.4 Å². The molecule has 1 atom stereocenters. The van der Waals surface area contributed by atoms with Crippen LogP contribution in [0.3, 0.4) is 0 Å². The zero-order chi connectivity index (χ0) is 14.3. The number of nitrogens with zero attached hydrogens (tertiary/aromatic N) is 1. The van der Waals surface area contributed by atoms with Crippen molar-refractivity contribution in [3.63, 3.8) is 0 Å². The molecule has 1 unspecified atom stereocenters. The number of amides is 1. The van der Waals surface area contributed by atoms with Crippen LogP contribution in [0, 0.1) is 0 Å². The predicted molar refractivity (Wildman–Crippen MR) is 81.9 cm³/mol. The normalized spacial score (nSPS) is 11.2. The Hall–Kier alpha value is -1.46.